The molecule has 1 saturated carbocycles. The van der Waals surface area contributed by atoms with Crippen LogP contribution >= 0.6 is 0 Å². The van der Waals surface area contributed by atoms with E-state index >= 15 is 0 Å². The lowest BCUT2D eigenvalue weighted by Gasteiger charge is -2.48. The van der Waals surface area contributed by atoms with Crippen LogP contribution in [-0.2, 0) is 6.54 Å². The van der Waals surface area contributed by atoms with E-state index < -0.39 is 0 Å². The summed E-state index contributed by atoms with van der Waals surface area (Å²) in [5.41, 5.74) is 1.94. The number of hydrogen-bond donors (Lipinski definition) is 0. The Morgan fingerprint density at radius 3 is 2.46 bits per heavy atom. The van der Waals surface area contributed by atoms with Gasteiger partial charge in [-0.1, -0.05) is 26.8 Å². The largest absolute Gasteiger partial charge is 0.312 e. The molecule has 0 N–H and O–H groups in total. The van der Waals surface area contributed by atoms with Crippen molar-refractivity contribution in [1.82, 2.24) is 9.47 Å². The first-order chi connectivity index (χ1) is 11.4. The Labute approximate surface area is 146 Å². The topological polar surface area (TPSA) is 25.2 Å². The standard InChI is InChI=1S/C21H32N2O/c1-21(2,3)17-7-9-18(10-8-17)22-12-15-11-16(14-22)19-5-4-6-20(24)23(19)13-15/h4-6,15-18H,7-14H2,1-3H3. The zero-order valence-electron chi connectivity index (χ0n) is 15.5. The third kappa shape index (κ3) is 2.96. The van der Waals surface area contributed by atoms with Gasteiger partial charge in [-0.2, -0.15) is 0 Å². The van der Waals surface area contributed by atoms with Gasteiger partial charge in [0.05, 0.1) is 0 Å². The number of hydrogen-bond acceptors (Lipinski definition) is 2. The Balaban J connectivity index is 1.46. The molecule has 2 fully saturated rings. The molecular formula is C21H32N2O. The van der Waals surface area contributed by atoms with E-state index in [4.69, 9.17) is 0 Å². The molecule has 1 aromatic heterocycles. The van der Waals surface area contributed by atoms with E-state index in [0.29, 0.717) is 17.3 Å². The van der Waals surface area contributed by atoms with Crippen LogP contribution in [0.3, 0.4) is 0 Å². The van der Waals surface area contributed by atoms with Crippen molar-refractivity contribution < 1.29 is 0 Å². The van der Waals surface area contributed by atoms with Gasteiger partial charge in [0, 0.05) is 43.4 Å². The highest BCUT2D eigenvalue weighted by Crippen LogP contribution is 2.42. The lowest BCUT2D eigenvalue weighted by atomic mass is 9.70. The Bertz CT molecular complexity index is 649. The molecule has 1 aromatic rings. The van der Waals surface area contributed by atoms with Crippen LogP contribution in [0.15, 0.2) is 23.0 Å². The van der Waals surface area contributed by atoms with Crippen molar-refractivity contribution in [2.45, 2.75) is 71.4 Å². The summed E-state index contributed by atoms with van der Waals surface area (Å²) in [6.07, 6.45) is 6.77. The smallest absolute Gasteiger partial charge is 0.250 e. The van der Waals surface area contributed by atoms with E-state index in [1.807, 2.05) is 10.6 Å². The number of pyridine rings is 1. The molecule has 3 nitrogen and oxygen atoms in total. The van der Waals surface area contributed by atoms with Crippen molar-refractivity contribution in [2.75, 3.05) is 13.1 Å². The minimum atomic E-state index is 0.196. The monoisotopic (exact) mass is 328 g/mol. The molecule has 0 amide bonds. The molecule has 1 aliphatic carbocycles. The van der Waals surface area contributed by atoms with Crippen LogP contribution in [0.4, 0.5) is 0 Å². The molecule has 0 radical (unpaired) electrons. The van der Waals surface area contributed by atoms with Gasteiger partial charge in [0.25, 0.3) is 5.56 Å². The number of rotatable bonds is 1. The van der Waals surface area contributed by atoms with E-state index in [0.717, 1.165) is 25.0 Å². The van der Waals surface area contributed by atoms with Crippen LogP contribution in [0.25, 0.3) is 0 Å². The molecule has 2 aliphatic heterocycles. The summed E-state index contributed by atoms with van der Waals surface area (Å²) in [5, 5.41) is 0. The van der Waals surface area contributed by atoms with Gasteiger partial charge in [-0.3, -0.25) is 9.69 Å². The number of nitrogens with zero attached hydrogens (tertiary/aromatic N) is 2. The van der Waals surface area contributed by atoms with Crippen molar-refractivity contribution in [3.05, 3.63) is 34.2 Å². The minimum absolute atomic E-state index is 0.196. The summed E-state index contributed by atoms with van der Waals surface area (Å²) in [6, 6.07) is 6.62. The van der Waals surface area contributed by atoms with E-state index in [1.54, 1.807) is 6.07 Å². The molecule has 3 aliphatic rings. The van der Waals surface area contributed by atoms with Crippen LogP contribution in [-0.4, -0.2) is 28.6 Å². The minimum Gasteiger partial charge on any atom is -0.312 e. The first-order valence-corrected chi connectivity index (χ1v) is 9.85. The predicted octanol–water partition coefficient (Wildman–Crippen LogP) is 3.87. The molecule has 132 valence electrons. The summed E-state index contributed by atoms with van der Waals surface area (Å²) in [5.74, 6) is 2.11. The van der Waals surface area contributed by atoms with Crippen LogP contribution in [0.2, 0.25) is 0 Å². The second-order valence-corrected chi connectivity index (χ2v) is 9.52. The van der Waals surface area contributed by atoms with Crippen molar-refractivity contribution in [3.63, 3.8) is 0 Å². The van der Waals surface area contributed by atoms with Gasteiger partial charge in [-0.25, -0.2) is 0 Å². The highest BCUT2D eigenvalue weighted by molar-refractivity contribution is 5.17. The lowest BCUT2D eigenvalue weighted by molar-refractivity contribution is 0.0427. The van der Waals surface area contributed by atoms with Gasteiger partial charge in [-0.15, -0.1) is 0 Å². The summed E-state index contributed by atoms with van der Waals surface area (Å²) in [6.45, 7) is 10.5. The first kappa shape index (κ1) is 16.4. The highest BCUT2D eigenvalue weighted by atomic mass is 16.1. The molecule has 0 aromatic carbocycles. The van der Waals surface area contributed by atoms with Gasteiger partial charge in [-0.05, 0) is 55.4 Å². The van der Waals surface area contributed by atoms with Gasteiger partial charge >= 0.3 is 0 Å². The van der Waals surface area contributed by atoms with Crippen LogP contribution < -0.4 is 5.56 Å². The van der Waals surface area contributed by atoms with Crippen LogP contribution in [0, 0.1) is 17.3 Å². The maximum atomic E-state index is 12.2. The Morgan fingerprint density at radius 2 is 1.75 bits per heavy atom. The van der Waals surface area contributed by atoms with Gasteiger partial charge in [0.15, 0.2) is 0 Å². The summed E-state index contributed by atoms with van der Waals surface area (Å²) < 4.78 is 2.05. The van der Waals surface area contributed by atoms with E-state index in [1.165, 1.54) is 44.3 Å². The van der Waals surface area contributed by atoms with Crippen LogP contribution in [0.5, 0.6) is 0 Å². The van der Waals surface area contributed by atoms with E-state index in [2.05, 4.69) is 31.7 Å². The quantitative estimate of drug-likeness (QED) is 0.782. The second-order valence-electron chi connectivity index (χ2n) is 9.52. The van der Waals surface area contributed by atoms with Gasteiger partial charge in [0.1, 0.15) is 0 Å². The van der Waals surface area contributed by atoms with E-state index in [9.17, 15) is 4.79 Å². The lowest BCUT2D eigenvalue weighted by Crippen LogP contribution is -2.51. The van der Waals surface area contributed by atoms with Crippen molar-refractivity contribution in [3.8, 4) is 0 Å². The highest BCUT2D eigenvalue weighted by Gasteiger charge is 2.38. The maximum absolute atomic E-state index is 12.2. The number of piperidine rings is 1. The molecule has 4 rings (SSSR count). The summed E-state index contributed by atoms with van der Waals surface area (Å²) in [4.78, 5) is 14.9. The fraction of sp³-hybridized carbons (Fsp3) is 0.762. The molecule has 24 heavy (non-hydrogen) atoms. The van der Waals surface area contributed by atoms with Crippen molar-refractivity contribution >= 4 is 0 Å². The van der Waals surface area contributed by atoms with Crippen LogP contribution in [0.1, 0.15) is 64.5 Å². The van der Waals surface area contributed by atoms with Gasteiger partial charge < -0.3 is 4.57 Å². The molecule has 3 heteroatoms. The molecule has 1 saturated heterocycles. The molecule has 0 spiro atoms. The normalized spacial score (nSPS) is 34.0. The first-order valence-electron chi connectivity index (χ1n) is 9.85. The van der Waals surface area contributed by atoms with E-state index in [-0.39, 0.29) is 5.56 Å². The molecule has 2 unspecified atom stereocenters. The number of fused-ring (bicyclic) bond motifs is 4. The summed E-state index contributed by atoms with van der Waals surface area (Å²) >= 11 is 0. The zero-order chi connectivity index (χ0) is 16.9. The fourth-order valence-electron chi connectivity index (χ4n) is 5.54. The SMILES string of the molecule is CC(C)(C)C1CCC(N2CC3CC(C2)c2cccc(=O)n2C3)CC1. The third-order valence-electron chi connectivity index (χ3n) is 6.95. The van der Waals surface area contributed by atoms with Gasteiger partial charge in [0.2, 0.25) is 0 Å². The fourth-order valence-corrected chi connectivity index (χ4v) is 5.54. The number of aromatic nitrogens is 1. The molecule has 2 bridgehead atoms. The maximum Gasteiger partial charge on any atom is 0.250 e. The second kappa shape index (κ2) is 6.01. The Kier molecular flexibility index (Phi) is 4.11. The van der Waals surface area contributed by atoms with Crippen molar-refractivity contribution in [1.29, 1.82) is 0 Å². The third-order valence-corrected chi connectivity index (χ3v) is 6.95. The predicted molar refractivity (Wildman–Crippen MR) is 98.3 cm³/mol. The molecule has 3 heterocycles. The zero-order valence-corrected chi connectivity index (χ0v) is 15.5. The Hall–Kier alpha value is -1.09. The Morgan fingerprint density at radius 1 is 1.00 bits per heavy atom. The number of likely N-dealkylation sites (tertiary alicyclic amines) is 1. The average molecular weight is 329 g/mol. The molecule has 2 atom stereocenters. The average Bonchev–Trinajstić information content (AvgIpc) is 2.55. The summed E-state index contributed by atoms with van der Waals surface area (Å²) in [7, 11) is 0. The van der Waals surface area contributed by atoms with Crippen molar-refractivity contribution in [2.24, 2.45) is 17.3 Å². The molecular weight excluding hydrogens is 296 g/mol.